The summed E-state index contributed by atoms with van der Waals surface area (Å²) in [7, 11) is 2.70. The minimum Gasteiger partial charge on any atom is -0.496 e. The second-order valence-corrected chi connectivity index (χ2v) is 6.19. The summed E-state index contributed by atoms with van der Waals surface area (Å²) in [5.41, 5.74) is 0.600. The van der Waals surface area contributed by atoms with Crippen LogP contribution in [0.1, 0.15) is 34.0 Å². The van der Waals surface area contributed by atoms with Gasteiger partial charge in [-0.05, 0) is 13.8 Å². The Kier molecular flexibility index (Phi) is 4.82. The molecule has 28 heavy (non-hydrogen) atoms. The van der Waals surface area contributed by atoms with Crippen LogP contribution in [-0.2, 0) is 0 Å². The van der Waals surface area contributed by atoms with Crippen molar-refractivity contribution in [1.82, 2.24) is 20.4 Å². The van der Waals surface area contributed by atoms with Gasteiger partial charge < -0.3 is 19.7 Å². The predicted molar refractivity (Wildman–Crippen MR) is 99.4 cm³/mol. The quantitative estimate of drug-likeness (QED) is 0.369. The van der Waals surface area contributed by atoms with E-state index in [1.807, 2.05) is 0 Å². The number of methoxy groups -OCH3 is 2. The Morgan fingerprint density at radius 2 is 1.39 bits per heavy atom. The van der Waals surface area contributed by atoms with E-state index in [0.717, 1.165) is 0 Å². The number of nitrogens with one attached hydrogen (secondary N) is 4. The molecule has 0 amide bonds. The maximum atomic E-state index is 12.5. The van der Waals surface area contributed by atoms with Gasteiger partial charge in [0.15, 0.2) is 0 Å². The second kappa shape index (κ2) is 7.10. The van der Waals surface area contributed by atoms with Crippen LogP contribution in [-0.4, -0.2) is 39.5 Å². The van der Waals surface area contributed by atoms with Gasteiger partial charge in [-0.1, -0.05) is 0 Å². The first-order chi connectivity index (χ1) is 13.3. The molecule has 0 aliphatic carbocycles. The first-order valence-corrected chi connectivity index (χ1v) is 8.24. The molecule has 2 heterocycles. The molecule has 0 saturated carbocycles. The topological polar surface area (TPSA) is 159 Å². The number of aryl methyl sites for hydroxylation is 2. The molecule has 3 rings (SSSR count). The number of nitrogens with zero attached hydrogens (tertiary/aromatic N) is 1. The Hall–Kier alpha value is -3.76. The summed E-state index contributed by atoms with van der Waals surface area (Å²) in [6.07, 6.45) is 0. The van der Waals surface area contributed by atoms with Crippen LogP contribution in [0.3, 0.4) is 0 Å². The van der Waals surface area contributed by atoms with Gasteiger partial charge in [0, 0.05) is 29.1 Å². The Balaban J connectivity index is 2.43. The maximum Gasteiger partial charge on any atom is 0.311 e. The molecule has 11 nitrogen and oxygen atoms in total. The lowest BCUT2D eigenvalue weighted by molar-refractivity contribution is -0.385. The highest BCUT2D eigenvalue weighted by atomic mass is 16.6. The molecule has 1 aromatic carbocycles. The molecule has 148 valence electrons. The third kappa shape index (κ3) is 2.96. The first kappa shape index (κ1) is 19.0. The van der Waals surface area contributed by atoms with Crippen molar-refractivity contribution in [2.45, 2.75) is 19.8 Å². The van der Waals surface area contributed by atoms with Crippen molar-refractivity contribution in [2.75, 3.05) is 14.2 Å². The lowest BCUT2D eigenvalue weighted by Gasteiger charge is -2.19. The molecule has 0 aliphatic heterocycles. The van der Waals surface area contributed by atoms with Gasteiger partial charge in [0.1, 0.15) is 5.75 Å². The van der Waals surface area contributed by atoms with Crippen LogP contribution in [0.4, 0.5) is 5.69 Å². The summed E-state index contributed by atoms with van der Waals surface area (Å²) in [5.74, 6) is -0.666. The number of ether oxygens (including phenoxy) is 2. The molecule has 0 unspecified atom stereocenters. The van der Waals surface area contributed by atoms with Gasteiger partial charge in [0.05, 0.1) is 36.2 Å². The zero-order valence-corrected chi connectivity index (χ0v) is 15.6. The molecular formula is C17H19N5O6. The molecule has 0 fully saturated rings. The molecule has 3 aromatic rings. The number of rotatable bonds is 6. The van der Waals surface area contributed by atoms with Crippen LogP contribution < -0.4 is 20.6 Å². The van der Waals surface area contributed by atoms with E-state index in [1.54, 1.807) is 13.8 Å². The van der Waals surface area contributed by atoms with Gasteiger partial charge in [0.25, 0.3) is 11.1 Å². The summed E-state index contributed by atoms with van der Waals surface area (Å²) in [6.45, 7) is 3.33. The highest BCUT2D eigenvalue weighted by molar-refractivity contribution is 5.60. The van der Waals surface area contributed by atoms with E-state index in [4.69, 9.17) is 9.47 Å². The molecule has 4 N–H and O–H groups in total. The van der Waals surface area contributed by atoms with E-state index in [2.05, 4.69) is 20.4 Å². The number of nitro groups is 1. The molecule has 2 aromatic heterocycles. The van der Waals surface area contributed by atoms with Crippen molar-refractivity contribution in [2.24, 2.45) is 0 Å². The fourth-order valence-electron chi connectivity index (χ4n) is 3.34. The van der Waals surface area contributed by atoms with Crippen molar-refractivity contribution in [3.05, 3.63) is 71.0 Å². The third-order valence-corrected chi connectivity index (χ3v) is 4.64. The van der Waals surface area contributed by atoms with E-state index in [-0.39, 0.29) is 33.9 Å². The molecule has 0 spiro atoms. The van der Waals surface area contributed by atoms with E-state index < -0.39 is 22.0 Å². The number of hydrogen-bond donors (Lipinski definition) is 4. The molecule has 0 atom stereocenters. The Bertz CT molecular complexity index is 1100. The Morgan fingerprint density at radius 3 is 1.75 bits per heavy atom. The molecule has 0 radical (unpaired) electrons. The highest BCUT2D eigenvalue weighted by Gasteiger charge is 2.33. The SMILES string of the molecule is COc1cc(OC)c([N+](=O)[O-])cc1C(c1c(C)[nH][nH]c1=O)c1c(C)[nH][nH]c1=O. The zero-order valence-electron chi connectivity index (χ0n) is 15.6. The molecule has 0 saturated heterocycles. The number of aromatic amines is 4. The van der Waals surface area contributed by atoms with Crippen molar-refractivity contribution in [3.63, 3.8) is 0 Å². The standard InChI is InChI=1S/C17H19N5O6/c1-7-13(16(23)20-18-7)15(14-8(2)19-21-17(14)24)9-5-10(22(25)26)12(28-4)6-11(9)27-3/h5-6,15H,1-4H3,(H2,18,20,23)(H2,19,21,24). The van der Waals surface area contributed by atoms with Crippen molar-refractivity contribution >= 4 is 5.69 Å². The van der Waals surface area contributed by atoms with Gasteiger partial charge in [-0.2, -0.15) is 0 Å². The zero-order chi connectivity index (χ0) is 20.6. The van der Waals surface area contributed by atoms with Gasteiger partial charge >= 0.3 is 5.69 Å². The fraction of sp³-hybridized carbons (Fsp3) is 0.294. The van der Waals surface area contributed by atoms with Crippen LogP contribution in [0.2, 0.25) is 0 Å². The van der Waals surface area contributed by atoms with E-state index in [0.29, 0.717) is 11.4 Å². The molecular weight excluding hydrogens is 370 g/mol. The summed E-state index contributed by atoms with van der Waals surface area (Å²) in [5, 5.41) is 22.0. The normalized spacial score (nSPS) is 11.0. The minimum atomic E-state index is -0.912. The van der Waals surface area contributed by atoms with E-state index in [1.165, 1.54) is 26.4 Å². The monoisotopic (exact) mass is 389 g/mol. The van der Waals surface area contributed by atoms with Crippen molar-refractivity contribution < 1.29 is 14.4 Å². The maximum absolute atomic E-state index is 12.5. The number of nitro benzene ring substituents is 1. The number of benzene rings is 1. The highest BCUT2D eigenvalue weighted by Crippen LogP contribution is 2.42. The summed E-state index contributed by atoms with van der Waals surface area (Å²) < 4.78 is 10.5. The van der Waals surface area contributed by atoms with Crippen LogP contribution in [0, 0.1) is 24.0 Å². The van der Waals surface area contributed by atoms with Gasteiger partial charge in [0.2, 0.25) is 5.75 Å². The largest absolute Gasteiger partial charge is 0.496 e. The van der Waals surface area contributed by atoms with Crippen LogP contribution in [0.15, 0.2) is 21.7 Å². The minimum absolute atomic E-state index is 0.00347. The van der Waals surface area contributed by atoms with Crippen molar-refractivity contribution in [3.8, 4) is 11.5 Å². The summed E-state index contributed by atoms with van der Waals surface area (Å²) in [4.78, 5) is 35.9. The first-order valence-electron chi connectivity index (χ1n) is 8.24. The number of aromatic nitrogens is 4. The van der Waals surface area contributed by atoms with Crippen LogP contribution in [0.25, 0.3) is 0 Å². The summed E-state index contributed by atoms with van der Waals surface area (Å²) >= 11 is 0. The number of H-pyrrole nitrogens is 4. The van der Waals surface area contributed by atoms with Gasteiger partial charge in [-0.15, -0.1) is 0 Å². The molecule has 11 heteroatoms. The third-order valence-electron chi connectivity index (χ3n) is 4.64. The van der Waals surface area contributed by atoms with Crippen molar-refractivity contribution in [1.29, 1.82) is 0 Å². The predicted octanol–water partition coefficient (Wildman–Crippen LogP) is 1.44. The van der Waals surface area contributed by atoms with E-state index >= 15 is 0 Å². The number of hydrogen-bond acceptors (Lipinski definition) is 6. The average molecular weight is 389 g/mol. The lowest BCUT2D eigenvalue weighted by Crippen LogP contribution is -2.21. The Labute approximate surface area is 157 Å². The Morgan fingerprint density at radius 1 is 0.893 bits per heavy atom. The van der Waals surface area contributed by atoms with Crippen LogP contribution >= 0.6 is 0 Å². The summed E-state index contributed by atoms with van der Waals surface area (Å²) in [6, 6.07) is 2.63. The second-order valence-electron chi connectivity index (χ2n) is 6.19. The lowest BCUT2D eigenvalue weighted by atomic mass is 9.84. The van der Waals surface area contributed by atoms with E-state index in [9.17, 15) is 19.7 Å². The van der Waals surface area contributed by atoms with Gasteiger partial charge in [-0.3, -0.25) is 29.9 Å². The van der Waals surface area contributed by atoms with Crippen LogP contribution in [0.5, 0.6) is 11.5 Å². The fourth-order valence-corrected chi connectivity index (χ4v) is 3.34. The smallest absolute Gasteiger partial charge is 0.311 e. The average Bonchev–Trinajstić information content (AvgIpc) is 3.17. The van der Waals surface area contributed by atoms with Gasteiger partial charge in [-0.25, -0.2) is 0 Å². The molecule has 0 aliphatic rings. The molecule has 0 bridgehead atoms.